The van der Waals surface area contributed by atoms with Crippen molar-refractivity contribution >= 4 is 49.3 Å². The van der Waals surface area contributed by atoms with E-state index in [1.165, 1.54) is 17.4 Å². The molecule has 0 aliphatic rings. The van der Waals surface area contributed by atoms with Crippen molar-refractivity contribution in [1.82, 2.24) is 4.98 Å². The van der Waals surface area contributed by atoms with Crippen molar-refractivity contribution in [2.75, 3.05) is 5.32 Å². The molecule has 3 aromatic rings. The first-order chi connectivity index (χ1) is 9.63. The maximum Gasteiger partial charge on any atom is 0.349 e. The van der Waals surface area contributed by atoms with Crippen LogP contribution in [0.5, 0.6) is 0 Å². The van der Waals surface area contributed by atoms with Crippen molar-refractivity contribution in [1.29, 1.82) is 0 Å². The number of rotatable bonds is 2. The first-order valence-electron chi connectivity index (χ1n) is 5.59. The number of anilines is 1. The fourth-order valence-electron chi connectivity index (χ4n) is 1.70. The van der Waals surface area contributed by atoms with Gasteiger partial charge in [0.2, 0.25) is 0 Å². The van der Waals surface area contributed by atoms with Crippen LogP contribution in [-0.2, 0) is 0 Å². The van der Waals surface area contributed by atoms with Crippen LogP contribution in [0, 0.1) is 0 Å². The summed E-state index contributed by atoms with van der Waals surface area (Å²) >= 11 is 4.51. The van der Waals surface area contributed by atoms with Gasteiger partial charge < -0.3 is 4.42 Å². The van der Waals surface area contributed by atoms with Gasteiger partial charge in [-0.25, -0.2) is 9.78 Å². The molecule has 0 fully saturated rings. The number of amides is 1. The number of para-hydroxylation sites is 1. The molecule has 0 atom stereocenters. The molecule has 2 heterocycles. The van der Waals surface area contributed by atoms with Crippen LogP contribution in [0.3, 0.4) is 0 Å². The molecule has 0 radical (unpaired) electrons. The number of nitrogens with zero attached hydrogens (tertiary/aromatic N) is 1. The highest BCUT2D eigenvalue weighted by Gasteiger charge is 2.15. The lowest BCUT2D eigenvalue weighted by Gasteiger charge is -2.02. The maximum atomic E-state index is 12.1. The Morgan fingerprint density at radius 3 is 2.90 bits per heavy atom. The lowest BCUT2D eigenvalue weighted by atomic mass is 10.2. The number of thiazole rings is 1. The minimum absolute atomic E-state index is 0.0463. The molecule has 5 nitrogen and oxygen atoms in total. The van der Waals surface area contributed by atoms with E-state index in [9.17, 15) is 9.59 Å². The molecule has 0 aliphatic carbocycles. The van der Waals surface area contributed by atoms with Crippen LogP contribution >= 0.6 is 27.3 Å². The number of hydrogen-bond donors (Lipinski definition) is 1. The van der Waals surface area contributed by atoms with E-state index in [1.54, 1.807) is 24.4 Å². The number of nitrogens with one attached hydrogen (secondary N) is 1. The largest absolute Gasteiger partial charge is 0.422 e. The summed E-state index contributed by atoms with van der Waals surface area (Å²) in [4.78, 5) is 27.9. The standard InChI is InChI=1S/C13H7BrN2O3S/c14-10-6-15-13(20-10)16-11(17)8-5-7-3-1-2-4-9(7)19-12(8)18/h1-6H,(H,15,16,17). The molecular weight excluding hydrogens is 344 g/mol. The van der Waals surface area contributed by atoms with Gasteiger partial charge in [-0.05, 0) is 28.1 Å². The quantitative estimate of drug-likeness (QED) is 0.720. The highest BCUT2D eigenvalue weighted by molar-refractivity contribution is 9.11. The first-order valence-corrected chi connectivity index (χ1v) is 7.20. The minimum Gasteiger partial charge on any atom is -0.422 e. The van der Waals surface area contributed by atoms with Crippen LogP contribution in [-0.4, -0.2) is 10.9 Å². The number of halogens is 1. The Morgan fingerprint density at radius 1 is 1.35 bits per heavy atom. The topological polar surface area (TPSA) is 72.2 Å². The zero-order chi connectivity index (χ0) is 14.1. The third kappa shape index (κ3) is 2.50. The van der Waals surface area contributed by atoms with Crippen LogP contribution in [0.1, 0.15) is 10.4 Å². The highest BCUT2D eigenvalue weighted by atomic mass is 79.9. The summed E-state index contributed by atoms with van der Waals surface area (Å²) in [6, 6.07) is 8.53. The summed E-state index contributed by atoms with van der Waals surface area (Å²) in [5.41, 5.74) is -0.266. The molecule has 0 bridgehead atoms. The minimum atomic E-state index is -0.670. The average molecular weight is 351 g/mol. The molecule has 1 N–H and O–H groups in total. The van der Waals surface area contributed by atoms with E-state index in [-0.39, 0.29) is 5.56 Å². The third-order valence-electron chi connectivity index (χ3n) is 2.58. The predicted octanol–water partition coefficient (Wildman–Crippen LogP) is 3.26. The van der Waals surface area contributed by atoms with E-state index in [0.29, 0.717) is 16.1 Å². The molecule has 0 saturated carbocycles. The monoisotopic (exact) mass is 350 g/mol. The zero-order valence-electron chi connectivity index (χ0n) is 9.92. The summed E-state index contributed by atoms with van der Waals surface area (Å²) in [6.45, 7) is 0. The van der Waals surface area contributed by atoms with Gasteiger partial charge in [-0.3, -0.25) is 10.1 Å². The van der Waals surface area contributed by atoms with E-state index in [2.05, 4.69) is 26.2 Å². The molecule has 100 valence electrons. The molecule has 0 saturated heterocycles. The van der Waals surface area contributed by atoms with Gasteiger partial charge in [0.05, 0.1) is 9.98 Å². The highest BCUT2D eigenvalue weighted by Crippen LogP contribution is 2.23. The van der Waals surface area contributed by atoms with Crippen LogP contribution in [0.4, 0.5) is 5.13 Å². The Hall–Kier alpha value is -1.99. The van der Waals surface area contributed by atoms with Crippen molar-refractivity contribution in [2.24, 2.45) is 0 Å². The van der Waals surface area contributed by atoms with Crippen LogP contribution in [0.2, 0.25) is 0 Å². The van der Waals surface area contributed by atoms with Gasteiger partial charge in [0, 0.05) is 5.39 Å². The Balaban J connectivity index is 1.98. The van der Waals surface area contributed by atoms with E-state index in [4.69, 9.17) is 4.42 Å². The Bertz CT molecular complexity index is 856. The molecule has 1 aromatic carbocycles. The number of fused-ring (bicyclic) bond motifs is 1. The zero-order valence-corrected chi connectivity index (χ0v) is 12.3. The van der Waals surface area contributed by atoms with Gasteiger partial charge >= 0.3 is 5.63 Å². The van der Waals surface area contributed by atoms with Gasteiger partial charge in [0.15, 0.2) is 5.13 Å². The second-order valence-electron chi connectivity index (χ2n) is 3.91. The summed E-state index contributed by atoms with van der Waals surface area (Å²) in [6.07, 6.45) is 1.57. The van der Waals surface area contributed by atoms with E-state index in [1.807, 2.05) is 6.07 Å². The number of hydrogen-bond acceptors (Lipinski definition) is 5. The van der Waals surface area contributed by atoms with Gasteiger partial charge in [0.1, 0.15) is 11.1 Å². The smallest absolute Gasteiger partial charge is 0.349 e. The normalized spacial score (nSPS) is 10.7. The molecule has 1 amide bonds. The van der Waals surface area contributed by atoms with Crippen LogP contribution < -0.4 is 10.9 Å². The summed E-state index contributed by atoms with van der Waals surface area (Å²) in [5, 5.41) is 3.67. The van der Waals surface area contributed by atoms with E-state index < -0.39 is 11.5 Å². The number of benzene rings is 1. The Labute approximate surface area is 125 Å². The number of carbonyl (C=O) groups is 1. The summed E-state index contributed by atoms with van der Waals surface area (Å²) in [7, 11) is 0. The average Bonchev–Trinajstić information content (AvgIpc) is 2.83. The van der Waals surface area contributed by atoms with Gasteiger partial charge in [-0.2, -0.15) is 0 Å². The van der Waals surface area contributed by atoms with Gasteiger partial charge in [-0.15, -0.1) is 0 Å². The lowest BCUT2D eigenvalue weighted by Crippen LogP contribution is -2.20. The third-order valence-corrected chi connectivity index (χ3v) is 3.98. The molecule has 0 aliphatic heterocycles. The van der Waals surface area contributed by atoms with Gasteiger partial charge in [-0.1, -0.05) is 29.5 Å². The predicted molar refractivity (Wildman–Crippen MR) is 80.3 cm³/mol. The van der Waals surface area contributed by atoms with E-state index >= 15 is 0 Å². The Kier molecular flexibility index (Phi) is 3.37. The van der Waals surface area contributed by atoms with Crippen molar-refractivity contribution in [3.63, 3.8) is 0 Å². The number of carbonyl (C=O) groups excluding carboxylic acids is 1. The molecule has 20 heavy (non-hydrogen) atoms. The first kappa shape index (κ1) is 13.0. The molecule has 7 heteroatoms. The molecule has 0 unspecified atom stereocenters. The second kappa shape index (κ2) is 5.18. The SMILES string of the molecule is O=C(Nc1ncc(Br)s1)c1cc2ccccc2oc1=O. The molecule has 2 aromatic heterocycles. The van der Waals surface area contributed by atoms with Crippen molar-refractivity contribution in [2.45, 2.75) is 0 Å². The van der Waals surface area contributed by atoms with Gasteiger partial charge in [0.25, 0.3) is 5.91 Å². The van der Waals surface area contributed by atoms with Crippen LogP contribution in [0.25, 0.3) is 11.0 Å². The fraction of sp³-hybridized carbons (Fsp3) is 0. The van der Waals surface area contributed by atoms with Crippen LogP contribution in [0.15, 0.2) is 49.5 Å². The van der Waals surface area contributed by atoms with Crippen molar-refractivity contribution in [3.8, 4) is 0 Å². The molecule has 0 spiro atoms. The number of aromatic nitrogens is 1. The lowest BCUT2D eigenvalue weighted by molar-refractivity contribution is 0.102. The molecule has 3 rings (SSSR count). The second-order valence-corrected chi connectivity index (χ2v) is 6.32. The van der Waals surface area contributed by atoms with E-state index in [0.717, 1.165) is 3.79 Å². The fourth-order valence-corrected chi connectivity index (χ4v) is 2.80. The molecular formula is C13H7BrN2O3S. The van der Waals surface area contributed by atoms with Crippen molar-refractivity contribution in [3.05, 3.63) is 56.3 Å². The summed E-state index contributed by atoms with van der Waals surface area (Å²) < 4.78 is 5.90. The Morgan fingerprint density at radius 2 is 2.15 bits per heavy atom. The maximum absolute atomic E-state index is 12.1. The van der Waals surface area contributed by atoms with Crippen molar-refractivity contribution < 1.29 is 9.21 Å². The summed E-state index contributed by atoms with van der Waals surface area (Å²) in [5.74, 6) is -0.536.